The lowest BCUT2D eigenvalue weighted by molar-refractivity contribution is 0.122. The minimum Gasteiger partial charge on any atom is -0.493 e. The quantitative estimate of drug-likeness (QED) is 0.389. The van der Waals surface area contributed by atoms with Crippen LogP contribution in [-0.2, 0) is 21.0 Å². The number of aromatic nitrogens is 5. The van der Waals surface area contributed by atoms with Gasteiger partial charge in [0.25, 0.3) is 5.95 Å². The molecule has 13 heteroatoms. The van der Waals surface area contributed by atoms with Gasteiger partial charge in [0.05, 0.1) is 35.2 Å². The molecular weight excluding hydrogens is 528 g/mol. The third kappa shape index (κ3) is 4.24. The largest absolute Gasteiger partial charge is 0.493 e. The normalized spacial score (nSPS) is 17.7. The van der Waals surface area contributed by atoms with Gasteiger partial charge in [-0.3, -0.25) is 0 Å². The molecule has 1 fully saturated rings. The zero-order chi connectivity index (χ0) is 26.6. The van der Waals surface area contributed by atoms with Crippen LogP contribution in [0, 0.1) is 20.8 Å². The van der Waals surface area contributed by atoms with Gasteiger partial charge in [0.2, 0.25) is 5.88 Å². The minimum atomic E-state index is -3.77. The molecular formula is C25H26N6O5S2. The maximum Gasteiger partial charge on any atom is 0.256 e. The van der Waals surface area contributed by atoms with E-state index in [4.69, 9.17) is 19.2 Å². The van der Waals surface area contributed by atoms with Gasteiger partial charge in [0.15, 0.2) is 15.6 Å². The average molecular weight is 555 g/mol. The second-order valence-corrected chi connectivity index (χ2v) is 12.9. The van der Waals surface area contributed by atoms with Gasteiger partial charge in [-0.2, -0.15) is 14.8 Å². The summed E-state index contributed by atoms with van der Waals surface area (Å²) in [5.74, 6) is 0.948. The average Bonchev–Trinajstić information content (AvgIpc) is 3.60. The topological polar surface area (TPSA) is 136 Å². The monoisotopic (exact) mass is 554 g/mol. The molecule has 38 heavy (non-hydrogen) atoms. The molecule has 1 aromatic carbocycles. The Morgan fingerprint density at radius 3 is 2.61 bits per heavy atom. The number of aromatic hydroxyl groups is 1. The highest BCUT2D eigenvalue weighted by molar-refractivity contribution is 8.13. The Hall–Kier alpha value is -3.42. The van der Waals surface area contributed by atoms with Crippen LogP contribution in [0.5, 0.6) is 5.88 Å². The smallest absolute Gasteiger partial charge is 0.256 e. The second kappa shape index (κ2) is 9.40. The summed E-state index contributed by atoms with van der Waals surface area (Å²) in [5.41, 5.74) is 3.44. The van der Waals surface area contributed by atoms with Crippen molar-refractivity contribution >= 4 is 27.4 Å². The standard InChI is InChI=1S/C25H26N6O5S2/c1-14-5-4-6-17(11-14)18-12-20(32)31(28-18)25-26-19-13-21(38(33,34)23-15(2)29-36-16(23)3)37-22(19)24(27-25)30-7-9-35-10-8-30/h4-6,11-12,21,32H,7-10,13H2,1-3H3. The summed E-state index contributed by atoms with van der Waals surface area (Å²) < 4.78 is 38.4. The van der Waals surface area contributed by atoms with Crippen molar-refractivity contribution in [3.8, 4) is 23.1 Å². The first kappa shape index (κ1) is 24.9. The molecule has 0 spiro atoms. The summed E-state index contributed by atoms with van der Waals surface area (Å²) in [4.78, 5) is 12.4. The Kier molecular flexibility index (Phi) is 6.16. The lowest BCUT2D eigenvalue weighted by Gasteiger charge is -2.29. The van der Waals surface area contributed by atoms with Crippen molar-refractivity contribution in [2.75, 3.05) is 31.2 Å². The maximum absolute atomic E-state index is 13.6. The first-order valence-corrected chi connectivity index (χ1v) is 14.6. The molecule has 0 bridgehead atoms. The summed E-state index contributed by atoms with van der Waals surface area (Å²) >= 11 is 1.23. The van der Waals surface area contributed by atoms with Gasteiger partial charge < -0.3 is 19.3 Å². The van der Waals surface area contributed by atoms with Gasteiger partial charge in [-0.1, -0.05) is 40.7 Å². The van der Waals surface area contributed by atoms with E-state index < -0.39 is 14.4 Å². The Morgan fingerprint density at radius 1 is 1.11 bits per heavy atom. The van der Waals surface area contributed by atoms with Gasteiger partial charge in [-0.15, -0.1) is 0 Å². The Morgan fingerprint density at radius 2 is 1.89 bits per heavy atom. The van der Waals surface area contributed by atoms with E-state index in [0.717, 1.165) is 11.1 Å². The van der Waals surface area contributed by atoms with Gasteiger partial charge >= 0.3 is 0 Å². The van der Waals surface area contributed by atoms with E-state index in [-0.39, 0.29) is 28.9 Å². The van der Waals surface area contributed by atoms with E-state index >= 15 is 0 Å². The van der Waals surface area contributed by atoms with Gasteiger partial charge in [-0.25, -0.2) is 13.4 Å². The van der Waals surface area contributed by atoms with Crippen LogP contribution in [-0.4, -0.2) is 69.3 Å². The molecule has 2 aliphatic rings. The highest BCUT2D eigenvalue weighted by Gasteiger charge is 2.41. The summed E-state index contributed by atoms with van der Waals surface area (Å²) in [6.45, 7) is 7.48. The maximum atomic E-state index is 13.6. The van der Waals surface area contributed by atoms with Crippen molar-refractivity contribution in [3.05, 3.63) is 53.0 Å². The number of ether oxygens (including phenoxy) is 1. The van der Waals surface area contributed by atoms with Crippen LogP contribution < -0.4 is 4.90 Å². The van der Waals surface area contributed by atoms with Crippen molar-refractivity contribution < 1.29 is 22.8 Å². The van der Waals surface area contributed by atoms with Crippen LogP contribution >= 0.6 is 11.8 Å². The lowest BCUT2D eigenvalue weighted by atomic mass is 10.1. The van der Waals surface area contributed by atoms with E-state index in [1.54, 1.807) is 19.9 Å². The van der Waals surface area contributed by atoms with E-state index in [1.165, 1.54) is 16.4 Å². The first-order chi connectivity index (χ1) is 18.2. The minimum absolute atomic E-state index is 0.111. The lowest BCUT2D eigenvalue weighted by Crippen LogP contribution is -2.37. The number of rotatable bonds is 5. The third-order valence-corrected chi connectivity index (χ3v) is 10.8. The van der Waals surface area contributed by atoms with Crippen molar-refractivity contribution in [2.45, 2.75) is 41.6 Å². The number of sulfone groups is 1. The summed E-state index contributed by atoms with van der Waals surface area (Å²) in [6.07, 6.45) is 0.173. The molecule has 1 atom stereocenters. The fourth-order valence-electron chi connectivity index (χ4n) is 4.79. The van der Waals surface area contributed by atoms with Crippen LogP contribution in [0.25, 0.3) is 17.2 Å². The number of thioether (sulfide) groups is 1. The second-order valence-electron chi connectivity index (χ2n) is 9.34. The molecule has 198 valence electrons. The molecule has 0 saturated carbocycles. The molecule has 5 heterocycles. The molecule has 6 rings (SSSR count). The van der Waals surface area contributed by atoms with Crippen molar-refractivity contribution in [1.29, 1.82) is 0 Å². The van der Waals surface area contributed by atoms with Gasteiger partial charge in [0, 0.05) is 31.1 Å². The van der Waals surface area contributed by atoms with Crippen molar-refractivity contribution in [2.24, 2.45) is 0 Å². The Balaban J connectivity index is 1.43. The fourth-order valence-corrected chi connectivity index (χ4v) is 8.45. The molecule has 1 N–H and O–H groups in total. The Bertz CT molecular complexity index is 1620. The highest BCUT2D eigenvalue weighted by Crippen LogP contribution is 2.46. The van der Waals surface area contributed by atoms with E-state index in [9.17, 15) is 13.5 Å². The number of hydrogen-bond acceptors (Lipinski definition) is 11. The molecule has 0 radical (unpaired) electrons. The van der Waals surface area contributed by atoms with E-state index in [2.05, 4.69) is 15.2 Å². The Labute approximate surface area is 223 Å². The highest BCUT2D eigenvalue weighted by atomic mass is 32.3. The predicted octanol–water partition coefficient (Wildman–Crippen LogP) is 3.23. The number of benzene rings is 1. The SMILES string of the molecule is Cc1cccc(-c2cc(O)n(-c3nc4c(c(N5CCOCC5)n3)SC(S(=O)(=O)c3c(C)noc3C)C4)n2)c1. The molecule has 0 aliphatic carbocycles. The number of morpholine rings is 1. The molecule has 1 saturated heterocycles. The first-order valence-electron chi connectivity index (χ1n) is 12.2. The zero-order valence-corrected chi connectivity index (χ0v) is 22.7. The number of aryl methyl sites for hydroxylation is 3. The van der Waals surface area contributed by atoms with Crippen LogP contribution in [0.1, 0.15) is 22.7 Å². The zero-order valence-electron chi connectivity index (χ0n) is 21.1. The predicted molar refractivity (Wildman–Crippen MR) is 141 cm³/mol. The summed E-state index contributed by atoms with van der Waals surface area (Å²) in [7, 11) is -3.77. The summed E-state index contributed by atoms with van der Waals surface area (Å²) in [6, 6.07) is 9.39. The summed E-state index contributed by atoms with van der Waals surface area (Å²) in [5, 5.41) is 19.2. The number of nitrogens with zero attached hydrogens (tertiary/aromatic N) is 6. The van der Waals surface area contributed by atoms with Crippen LogP contribution in [0.3, 0.4) is 0 Å². The number of anilines is 1. The molecule has 1 unspecified atom stereocenters. The van der Waals surface area contributed by atoms with Gasteiger partial charge in [-0.05, 0) is 26.8 Å². The van der Waals surface area contributed by atoms with Gasteiger partial charge in [0.1, 0.15) is 15.3 Å². The molecule has 11 nitrogen and oxygen atoms in total. The third-order valence-electron chi connectivity index (χ3n) is 6.62. The van der Waals surface area contributed by atoms with E-state index in [1.807, 2.05) is 31.2 Å². The number of fused-ring (bicyclic) bond motifs is 1. The fraction of sp³-hybridized carbons (Fsp3) is 0.360. The van der Waals surface area contributed by atoms with Crippen LogP contribution in [0.4, 0.5) is 5.82 Å². The van der Waals surface area contributed by atoms with E-state index in [0.29, 0.717) is 54.1 Å². The molecule has 0 amide bonds. The van der Waals surface area contributed by atoms with Crippen molar-refractivity contribution in [1.82, 2.24) is 24.9 Å². The van der Waals surface area contributed by atoms with Crippen LogP contribution in [0.2, 0.25) is 0 Å². The number of hydrogen-bond donors (Lipinski definition) is 1. The molecule has 2 aliphatic heterocycles. The molecule has 4 aromatic rings. The van der Waals surface area contributed by atoms with Crippen LogP contribution in [0.15, 0.2) is 44.6 Å². The van der Waals surface area contributed by atoms with Crippen molar-refractivity contribution in [3.63, 3.8) is 0 Å². The molecule has 3 aromatic heterocycles.